The van der Waals surface area contributed by atoms with Gasteiger partial charge in [0, 0.05) is 32.7 Å². The summed E-state index contributed by atoms with van der Waals surface area (Å²) in [6.07, 6.45) is 0.488. The minimum atomic E-state index is -3.68. The van der Waals surface area contributed by atoms with Crippen molar-refractivity contribution in [3.05, 3.63) is 48.0 Å². The van der Waals surface area contributed by atoms with E-state index in [2.05, 4.69) is 14.9 Å². The van der Waals surface area contributed by atoms with E-state index in [1.807, 2.05) is 12.1 Å². The standard InChI is InChI=1S/C24H33N3O7S/c1-31-22-8-3-19(17-23(22)32-2)9-10-26-35(29,30)21-6-4-20(5-7-21)34-18-24(28)25-11-12-27-13-15-33-16-14-27/h3-8,17,26H,9-16,18H2,1-2H3,(H,25,28). The van der Waals surface area contributed by atoms with Gasteiger partial charge in [-0.3, -0.25) is 9.69 Å². The summed E-state index contributed by atoms with van der Waals surface area (Å²) in [6.45, 7) is 4.56. The van der Waals surface area contributed by atoms with E-state index >= 15 is 0 Å². The molecule has 0 atom stereocenters. The van der Waals surface area contributed by atoms with E-state index in [9.17, 15) is 13.2 Å². The lowest BCUT2D eigenvalue weighted by molar-refractivity contribution is -0.123. The second-order valence-electron chi connectivity index (χ2n) is 7.90. The third-order valence-electron chi connectivity index (χ3n) is 5.51. The molecule has 192 valence electrons. The second-order valence-corrected chi connectivity index (χ2v) is 9.67. The fraction of sp³-hybridized carbons (Fsp3) is 0.458. The van der Waals surface area contributed by atoms with Crippen LogP contribution >= 0.6 is 0 Å². The van der Waals surface area contributed by atoms with Crippen LogP contribution in [0.5, 0.6) is 17.2 Å². The SMILES string of the molecule is COc1ccc(CCNS(=O)(=O)c2ccc(OCC(=O)NCCN3CCOCC3)cc2)cc1OC. The number of methoxy groups -OCH3 is 2. The molecule has 2 aromatic carbocycles. The van der Waals surface area contributed by atoms with Crippen molar-refractivity contribution in [1.82, 2.24) is 14.9 Å². The number of amides is 1. The van der Waals surface area contributed by atoms with Crippen molar-refractivity contribution < 1.29 is 32.2 Å². The lowest BCUT2D eigenvalue weighted by Gasteiger charge is -2.26. The summed E-state index contributed by atoms with van der Waals surface area (Å²) in [4.78, 5) is 14.3. The van der Waals surface area contributed by atoms with Crippen LogP contribution in [0.2, 0.25) is 0 Å². The topological polar surface area (TPSA) is 115 Å². The van der Waals surface area contributed by atoms with Gasteiger partial charge in [0.05, 0.1) is 32.3 Å². The van der Waals surface area contributed by atoms with Gasteiger partial charge < -0.3 is 24.3 Å². The van der Waals surface area contributed by atoms with Crippen LogP contribution in [0.15, 0.2) is 47.4 Å². The van der Waals surface area contributed by atoms with Gasteiger partial charge in [-0.15, -0.1) is 0 Å². The van der Waals surface area contributed by atoms with E-state index in [1.54, 1.807) is 20.3 Å². The minimum absolute atomic E-state index is 0.118. The molecule has 0 unspecified atom stereocenters. The third-order valence-corrected chi connectivity index (χ3v) is 6.99. The monoisotopic (exact) mass is 507 g/mol. The molecule has 0 bridgehead atoms. The average molecular weight is 508 g/mol. The molecule has 1 aliphatic rings. The van der Waals surface area contributed by atoms with E-state index in [0.29, 0.717) is 30.2 Å². The average Bonchev–Trinajstić information content (AvgIpc) is 2.88. The van der Waals surface area contributed by atoms with E-state index in [-0.39, 0.29) is 24.0 Å². The van der Waals surface area contributed by atoms with Crippen LogP contribution in [0.4, 0.5) is 0 Å². The van der Waals surface area contributed by atoms with Crippen molar-refractivity contribution in [2.45, 2.75) is 11.3 Å². The first kappa shape index (κ1) is 26.7. The molecule has 0 aliphatic carbocycles. The Hall–Kier alpha value is -2.86. The van der Waals surface area contributed by atoms with Crippen LogP contribution in [0, 0.1) is 0 Å². The summed E-state index contributed by atoms with van der Waals surface area (Å²) in [5, 5.41) is 2.82. The Morgan fingerprint density at radius 2 is 1.71 bits per heavy atom. The van der Waals surface area contributed by atoms with Gasteiger partial charge in [-0.25, -0.2) is 13.1 Å². The molecule has 2 N–H and O–H groups in total. The van der Waals surface area contributed by atoms with Crippen molar-refractivity contribution in [2.24, 2.45) is 0 Å². The molecule has 1 saturated heterocycles. The van der Waals surface area contributed by atoms with Gasteiger partial charge in [0.1, 0.15) is 5.75 Å². The molecule has 35 heavy (non-hydrogen) atoms. The van der Waals surface area contributed by atoms with Crippen molar-refractivity contribution in [1.29, 1.82) is 0 Å². The molecular weight excluding hydrogens is 474 g/mol. The van der Waals surface area contributed by atoms with Gasteiger partial charge in [0.15, 0.2) is 18.1 Å². The lowest BCUT2D eigenvalue weighted by Crippen LogP contribution is -2.42. The molecular formula is C24H33N3O7S. The smallest absolute Gasteiger partial charge is 0.257 e. The van der Waals surface area contributed by atoms with Gasteiger partial charge in [-0.05, 0) is 48.4 Å². The van der Waals surface area contributed by atoms with Gasteiger partial charge in [-0.2, -0.15) is 0 Å². The van der Waals surface area contributed by atoms with Gasteiger partial charge in [0.25, 0.3) is 5.91 Å². The van der Waals surface area contributed by atoms with Crippen LogP contribution in [-0.4, -0.2) is 86.0 Å². The number of ether oxygens (including phenoxy) is 4. The summed E-state index contributed by atoms with van der Waals surface area (Å²) >= 11 is 0. The highest BCUT2D eigenvalue weighted by molar-refractivity contribution is 7.89. The van der Waals surface area contributed by atoms with Gasteiger partial charge in [-0.1, -0.05) is 6.07 Å². The molecule has 1 amide bonds. The molecule has 0 radical (unpaired) electrons. The number of hydrogen-bond acceptors (Lipinski definition) is 8. The molecule has 2 aromatic rings. The Morgan fingerprint density at radius 3 is 2.40 bits per heavy atom. The first-order valence-electron chi connectivity index (χ1n) is 11.4. The zero-order valence-electron chi connectivity index (χ0n) is 20.1. The molecule has 3 rings (SSSR count). The number of sulfonamides is 1. The van der Waals surface area contributed by atoms with Crippen molar-refractivity contribution in [3.63, 3.8) is 0 Å². The zero-order chi connectivity index (χ0) is 25.1. The number of morpholine rings is 1. The van der Waals surface area contributed by atoms with Gasteiger partial charge in [0.2, 0.25) is 10.0 Å². The molecule has 0 aromatic heterocycles. The van der Waals surface area contributed by atoms with Crippen LogP contribution < -0.4 is 24.2 Å². The Labute approximate surface area is 206 Å². The molecule has 11 heteroatoms. The molecule has 1 heterocycles. The number of benzene rings is 2. The number of nitrogens with one attached hydrogen (secondary N) is 2. The number of nitrogens with zero attached hydrogens (tertiary/aromatic N) is 1. The van der Waals surface area contributed by atoms with E-state index < -0.39 is 10.0 Å². The summed E-state index contributed by atoms with van der Waals surface area (Å²) in [5.41, 5.74) is 0.914. The molecule has 1 fully saturated rings. The Balaban J connectivity index is 1.41. The highest BCUT2D eigenvalue weighted by atomic mass is 32.2. The predicted molar refractivity (Wildman–Crippen MR) is 131 cm³/mol. The minimum Gasteiger partial charge on any atom is -0.493 e. The maximum atomic E-state index is 12.6. The summed E-state index contributed by atoms with van der Waals surface area (Å²) in [6, 6.07) is 11.4. The van der Waals surface area contributed by atoms with Crippen LogP contribution in [0.1, 0.15) is 5.56 Å². The molecule has 1 aliphatic heterocycles. The highest BCUT2D eigenvalue weighted by Crippen LogP contribution is 2.27. The fourth-order valence-electron chi connectivity index (χ4n) is 3.54. The lowest BCUT2D eigenvalue weighted by atomic mass is 10.1. The van der Waals surface area contributed by atoms with Gasteiger partial charge >= 0.3 is 0 Å². The number of carbonyl (C=O) groups is 1. The predicted octanol–water partition coefficient (Wildman–Crippen LogP) is 1.05. The number of rotatable bonds is 13. The second kappa shape index (κ2) is 13.3. The summed E-state index contributed by atoms with van der Waals surface area (Å²) in [5.74, 6) is 1.39. The Bertz CT molecular complexity index is 1060. The maximum Gasteiger partial charge on any atom is 0.257 e. The first-order valence-corrected chi connectivity index (χ1v) is 12.9. The summed E-state index contributed by atoms with van der Waals surface area (Å²) < 4.78 is 49.1. The number of hydrogen-bond donors (Lipinski definition) is 2. The van der Waals surface area contributed by atoms with Crippen molar-refractivity contribution >= 4 is 15.9 Å². The van der Waals surface area contributed by atoms with Crippen LogP contribution in [0.3, 0.4) is 0 Å². The molecule has 0 spiro atoms. The molecule has 0 saturated carbocycles. The first-order chi connectivity index (χ1) is 16.9. The normalized spacial score (nSPS) is 14.3. The Morgan fingerprint density at radius 1 is 1.00 bits per heavy atom. The van der Waals surface area contributed by atoms with Crippen molar-refractivity contribution in [2.75, 3.05) is 66.8 Å². The molecule has 10 nitrogen and oxygen atoms in total. The maximum absolute atomic E-state index is 12.6. The number of carbonyl (C=O) groups excluding carboxylic acids is 1. The fourth-order valence-corrected chi connectivity index (χ4v) is 4.57. The van der Waals surface area contributed by atoms with Crippen LogP contribution in [-0.2, 0) is 26.0 Å². The zero-order valence-corrected chi connectivity index (χ0v) is 20.9. The van der Waals surface area contributed by atoms with E-state index in [1.165, 1.54) is 24.3 Å². The summed E-state index contributed by atoms with van der Waals surface area (Å²) in [7, 11) is -0.572. The van der Waals surface area contributed by atoms with E-state index in [4.69, 9.17) is 18.9 Å². The highest BCUT2D eigenvalue weighted by Gasteiger charge is 2.15. The third kappa shape index (κ3) is 8.39. The van der Waals surface area contributed by atoms with Crippen LogP contribution in [0.25, 0.3) is 0 Å². The van der Waals surface area contributed by atoms with E-state index in [0.717, 1.165) is 38.4 Å². The van der Waals surface area contributed by atoms with Crippen molar-refractivity contribution in [3.8, 4) is 17.2 Å². The quantitative estimate of drug-likeness (QED) is 0.414. The Kier molecular flexibility index (Phi) is 10.2. The largest absolute Gasteiger partial charge is 0.493 e.